The summed E-state index contributed by atoms with van der Waals surface area (Å²) in [5, 5.41) is 5.00. The minimum atomic E-state index is -0.296. The molecular weight excluding hydrogens is 365 g/mol. The van der Waals surface area contributed by atoms with Gasteiger partial charge in [0.05, 0.1) is 5.56 Å². The molecule has 0 spiro atoms. The quantitative estimate of drug-likeness (QED) is 0.625. The number of hydrogen-bond donors (Lipinski definition) is 1. The highest BCUT2D eigenvalue weighted by Gasteiger charge is 2.20. The zero-order chi connectivity index (χ0) is 19.6. The molecule has 27 heavy (non-hydrogen) atoms. The monoisotopic (exact) mass is 385 g/mol. The molecule has 1 N–H and O–H groups in total. The summed E-state index contributed by atoms with van der Waals surface area (Å²) in [6.07, 6.45) is 1.53. The van der Waals surface area contributed by atoms with Crippen molar-refractivity contribution in [3.8, 4) is 0 Å². The number of nitrogens with one attached hydrogen (secondary N) is 1. The van der Waals surface area contributed by atoms with Gasteiger partial charge in [0.25, 0.3) is 5.91 Å². The topological polar surface area (TPSA) is 45.2 Å². The van der Waals surface area contributed by atoms with Gasteiger partial charge in [-0.1, -0.05) is 29.8 Å². The van der Waals surface area contributed by atoms with Gasteiger partial charge in [0, 0.05) is 46.3 Å². The Morgan fingerprint density at radius 2 is 1.89 bits per heavy atom. The number of benzene rings is 2. The Labute approximate surface area is 163 Å². The van der Waals surface area contributed by atoms with Crippen LogP contribution in [0, 0.1) is 12.7 Å². The second-order valence-electron chi connectivity index (χ2n) is 6.20. The average Bonchev–Trinajstić information content (AvgIpc) is 2.67. The van der Waals surface area contributed by atoms with E-state index in [9.17, 15) is 9.18 Å². The van der Waals surface area contributed by atoms with E-state index >= 15 is 0 Å². The minimum Gasteiger partial charge on any atom is -0.339 e. The van der Waals surface area contributed by atoms with E-state index in [1.54, 1.807) is 30.0 Å². The Bertz CT molecular complexity index is 1000. The number of carbonyl (C=O) groups is 1. The standard InChI is InChI=1S/C21H21ClFN3O/c1-4-26(5-2)21(27)15-12-24-20(14-8-6-9-16(22)19(14)15)25-18-11-7-10-17(23)13(18)3/h6-12H,4-5H2,1-3H3,(H,24,25). The smallest absolute Gasteiger partial charge is 0.256 e. The first-order chi connectivity index (χ1) is 13.0. The summed E-state index contributed by atoms with van der Waals surface area (Å²) in [5.74, 6) is 0.118. The lowest BCUT2D eigenvalue weighted by Gasteiger charge is -2.20. The molecule has 0 atom stereocenters. The van der Waals surface area contributed by atoms with Gasteiger partial charge in [0.15, 0.2) is 0 Å². The number of anilines is 2. The molecule has 0 aliphatic rings. The van der Waals surface area contributed by atoms with E-state index in [0.29, 0.717) is 51.5 Å². The van der Waals surface area contributed by atoms with E-state index in [1.807, 2.05) is 26.0 Å². The van der Waals surface area contributed by atoms with Crippen molar-refractivity contribution in [2.45, 2.75) is 20.8 Å². The molecule has 6 heteroatoms. The van der Waals surface area contributed by atoms with Gasteiger partial charge >= 0.3 is 0 Å². The molecule has 0 aliphatic heterocycles. The van der Waals surface area contributed by atoms with Crippen LogP contribution in [0.25, 0.3) is 10.8 Å². The lowest BCUT2D eigenvalue weighted by atomic mass is 10.1. The van der Waals surface area contributed by atoms with Crippen LogP contribution >= 0.6 is 11.6 Å². The molecule has 4 nitrogen and oxygen atoms in total. The molecule has 0 saturated heterocycles. The van der Waals surface area contributed by atoms with Crippen LogP contribution in [0.1, 0.15) is 29.8 Å². The molecule has 1 heterocycles. The number of carbonyl (C=O) groups excluding carboxylic acids is 1. The molecular formula is C21H21ClFN3O. The van der Waals surface area contributed by atoms with Crippen molar-refractivity contribution in [2.75, 3.05) is 18.4 Å². The fourth-order valence-electron chi connectivity index (χ4n) is 3.07. The summed E-state index contributed by atoms with van der Waals surface area (Å²) in [6.45, 7) is 6.77. The maximum atomic E-state index is 13.9. The molecule has 0 bridgehead atoms. The van der Waals surface area contributed by atoms with E-state index < -0.39 is 0 Å². The highest BCUT2D eigenvalue weighted by molar-refractivity contribution is 6.37. The molecule has 2 aromatic carbocycles. The highest BCUT2D eigenvalue weighted by atomic mass is 35.5. The predicted octanol–water partition coefficient (Wildman–Crippen LogP) is 5.56. The van der Waals surface area contributed by atoms with Gasteiger partial charge in [-0.3, -0.25) is 4.79 Å². The molecule has 0 fully saturated rings. The van der Waals surface area contributed by atoms with Gasteiger partial charge in [0.2, 0.25) is 0 Å². The average molecular weight is 386 g/mol. The number of amides is 1. The van der Waals surface area contributed by atoms with Crippen LogP contribution in [0.3, 0.4) is 0 Å². The molecule has 0 aliphatic carbocycles. The molecule has 140 valence electrons. The predicted molar refractivity (Wildman–Crippen MR) is 108 cm³/mol. The van der Waals surface area contributed by atoms with Crippen molar-refractivity contribution < 1.29 is 9.18 Å². The largest absolute Gasteiger partial charge is 0.339 e. The third kappa shape index (κ3) is 3.60. The molecule has 0 unspecified atom stereocenters. The number of hydrogen-bond acceptors (Lipinski definition) is 3. The van der Waals surface area contributed by atoms with E-state index in [2.05, 4.69) is 10.3 Å². The molecule has 3 rings (SSSR count). The van der Waals surface area contributed by atoms with E-state index in [1.165, 1.54) is 12.3 Å². The van der Waals surface area contributed by atoms with Gasteiger partial charge < -0.3 is 10.2 Å². The number of nitrogens with zero attached hydrogens (tertiary/aromatic N) is 2. The van der Waals surface area contributed by atoms with Gasteiger partial charge in [-0.05, 0) is 39.0 Å². The third-order valence-electron chi connectivity index (χ3n) is 4.66. The molecule has 0 saturated carbocycles. The maximum absolute atomic E-state index is 13.9. The van der Waals surface area contributed by atoms with Crippen LogP contribution in [0.15, 0.2) is 42.6 Å². The van der Waals surface area contributed by atoms with Crippen LogP contribution in [-0.4, -0.2) is 28.9 Å². The SMILES string of the molecule is CCN(CC)C(=O)c1cnc(Nc2cccc(F)c2C)c2cccc(Cl)c12. The summed E-state index contributed by atoms with van der Waals surface area (Å²) >= 11 is 6.44. The van der Waals surface area contributed by atoms with Gasteiger partial charge in [-0.25, -0.2) is 9.37 Å². The molecule has 3 aromatic rings. The second-order valence-corrected chi connectivity index (χ2v) is 6.60. The number of aromatic nitrogens is 1. The Hall–Kier alpha value is -2.66. The number of rotatable bonds is 5. The number of pyridine rings is 1. The van der Waals surface area contributed by atoms with Gasteiger partial charge in [-0.2, -0.15) is 0 Å². The normalized spacial score (nSPS) is 10.9. The Morgan fingerprint density at radius 3 is 2.59 bits per heavy atom. The second kappa shape index (κ2) is 7.92. The van der Waals surface area contributed by atoms with Crippen LogP contribution in [0.2, 0.25) is 5.02 Å². The zero-order valence-corrected chi connectivity index (χ0v) is 16.3. The van der Waals surface area contributed by atoms with Crippen molar-refractivity contribution in [3.63, 3.8) is 0 Å². The van der Waals surface area contributed by atoms with Crippen molar-refractivity contribution in [1.82, 2.24) is 9.88 Å². The zero-order valence-electron chi connectivity index (χ0n) is 15.5. The van der Waals surface area contributed by atoms with E-state index in [4.69, 9.17) is 11.6 Å². The Morgan fingerprint density at radius 1 is 1.19 bits per heavy atom. The van der Waals surface area contributed by atoms with Crippen LogP contribution in [-0.2, 0) is 0 Å². The maximum Gasteiger partial charge on any atom is 0.256 e. The summed E-state index contributed by atoms with van der Waals surface area (Å²) in [7, 11) is 0. The van der Waals surface area contributed by atoms with Crippen molar-refractivity contribution in [1.29, 1.82) is 0 Å². The molecule has 1 amide bonds. The summed E-state index contributed by atoms with van der Waals surface area (Å²) < 4.78 is 13.9. The lowest BCUT2D eigenvalue weighted by Crippen LogP contribution is -2.30. The number of halogens is 2. The fraction of sp³-hybridized carbons (Fsp3) is 0.238. The van der Waals surface area contributed by atoms with E-state index in [0.717, 1.165) is 0 Å². The van der Waals surface area contributed by atoms with Crippen molar-refractivity contribution in [3.05, 3.63) is 64.6 Å². The first kappa shape index (κ1) is 19.1. The Balaban J connectivity index is 2.15. The summed E-state index contributed by atoms with van der Waals surface area (Å²) in [5.41, 5.74) is 1.57. The van der Waals surface area contributed by atoms with Crippen LogP contribution in [0.5, 0.6) is 0 Å². The van der Waals surface area contributed by atoms with Crippen LogP contribution in [0.4, 0.5) is 15.9 Å². The van der Waals surface area contributed by atoms with E-state index in [-0.39, 0.29) is 11.7 Å². The van der Waals surface area contributed by atoms with Gasteiger partial charge in [0.1, 0.15) is 11.6 Å². The van der Waals surface area contributed by atoms with Crippen LogP contribution < -0.4 is 5.32 Å². The van der Waals surface area contributed by atoms with Gasteiger partial charge in [-0.15, -0.1) is 0 Å². The first-order valence-electron chi connectivity index (χ1n) is 8.86. The Kier molecular flexibility index (Phi) is 5.61. The molecule has 1 aromatic heterocycles. The highest BCUT2D eigenvalue weighted by Crippen LogP contribution is 2.33. The molecule has 0 radical (unpaired) electrons. The lowest BCUT2D eigenvalue weighted by molar-refractivity contribution is 0.0774. The fourth-order valence-corrected chi connectivity index (χ4v) is 3.35. The first-order valence-corrected chi connectivity index (χ1v) is 9.24. The third-order valence-corrected chi connectivity index (χ3v) is 4.98. The number of fused-ring (bicyclic) bond motifs is 1. The minimum absolute atomic E-state index is 0.112. The summed E-state index contributed by atoms with van der Waals surface area (Å²) in [4.78, 5) is 19.1. The van der Waals surface area contributed by atoms with Crippen molar-refractivity contribution >= 4 is 39.8 Å². The van der Waals surface area contributed by atoms with Crippen molar-refractivity contribution in [2.24, 2.45) is 0 Å². The summed E-state index contributed by atoms with van der Waals surface area (Å²) in [6, 6.07) is 10.2.